The summed E-state index contributed by atoms with van der Waals surface area (Å²) in [5.74, 6) is 0.739. The Kier molecular flexibility index (Phi) is 4.46. The average molecular weight is 319 g/mol. The van der Waals surface area contributed by atoms with Crippen molar-refractivity contribution in [3.05, 3.63) is 64.9 Å². The molecule has 1 aromatic carbocycles. The van der Waals surface area contributed by atoms with Gasteiger partial charge in [0.1, 0.15) is 5.37 Å². The summed E-state index contributed by atoms with van der Waals surface area (Å²) in [6.07, 6.45) is 4.43. The van der Waals surface area contributed by atoms with Crippen molar-refractivity contribution in [1.82, 2.24) is 9.88 Å². The van der Waals surface area contributed by atoms with Crippen LogP contribution in [-0.4, -0.2) is 28.1 Å². The van der Waals surface area contributed by atoms with Gasteiger partial charge in [-0.1, -0.05) is 29.8 Å². The number of benzene rings is 1. The van der Waals surface area contributed by atoms with Crippen molar-refractivity contribution in [2.45, 2.75) is 11.8 Å². The molecule has 0 unspecified atom stereocenters. The van der Waals surface area contributed by atoms with Gasteiger partial charge in [-0.2, -0.15) is 0 Å². The highest BCUT2D eigenvalue weighted by Gasteiger charge is 2.32. The zero-order valence-corrected chi connectivity index (χ0v) is 13.0. The lowest BCUT2D eigenvalue weighted by Crippen LogP contribution is -2.30. The fraction of sp³-hybridized carbons (Fsp3) is 0.250. The summed E-state index contributed by atoms with van der Waals surface area (Å²) in [4.78, 5) is 18.2. The number of thioether (sulfide) groups is 1. The highest BCUT2D eigenvalue weighted by molar-refractivity contribution is 8.00. The van der Waals surface area contributed by atoms with Gasteiger partial charge in [-0.25, -0.2) is 0 Å². The van der Waals surface area contributed by atoms with E-state index in [0.717, 1.165) is 17.0 Å². The third kappa shape index (κ3) is 3.39. The van der Waals surface area contributed by atoms with Crippen molar-refractivity contribution in [1.29, 1.82) is 0 Å². The highest BCUT2D eigenvalue weighted by Crippen LogP contribution is 2.38. The smallest absolute Gasteiger partial charge is 0.233 e. The summed E-state index contributed by atoms with van der Waals surface area (Å²) in [5.41, 5.74) is 2.28. The second kappa shape index (κ2) is 6.50. The van der Waals surface area contributed by atoms with E-state index in [1.54, 1.807) is 18.0 Å². The van der Waals surface area contributed by atoms with Crippen LogP contribution in [0.2, 0.25) is 5.02 Å². The van der Waals surface area contributed by atoms with Gasteiger partial charge < -0.3 is 4.90 Å². The standard InChI is InChI=1S/C16H15ClN2OS/c17-14-5-3-12(4-6-14)7-9-19-15(20)11-21-16(19)13-2-1-8-18-10-13/h1-6,8,10,16H,7,9,11H2/t16-/m1/s1. The van der Waals surface area contributed by atoms with E-state index in [0.29, 0.717) is 12.3 Å². The number of carbonyl (C=O) groups is 1. The first-order valence-electron chi connectivity index (χ1n) is 6.79. The lowest BCUT2D eigenvalue weighted by Gasteiger charge is -2.24. The van der Waals surface area contributed by atoms with E-state index in [9.17, 15) is 4.79 Å². The molecule has 0 aliphatic carbocycles. The molecule has 21 heavy (non-hydrogen) atoms. The molecule has 3 nitrogen and oxygen atoms in total. The van der Waals surface area contributed by atoms with Gasteiger partial charge in [0, 0.05) is 29.5 Å². The zero-order chi connectivity index (χ0) is 14.7. The fourth-order valence-corrected chi connectivity index (χ4v) is 3.72. The third-order valence-corrected chi connectivity index (χ3v) is 5.00. The summed E-state index contributed by atoms with van der Waals surface area (Å²) in [6, 6.07) is 11.7. The van der Waals surface area contributed by atoms with Gasteiger partial charge in [-0.3, -0.25) is 9.78 Å². The largest absolute Gasteiger partial charge is 0.325 e. The highest BCUT2D eigenvalue weighted by atomic mass is 35.5. The molecular weight excluding hydrogens is 304 g/mol. The number of hydrogen-bond donors (Lipinski definition) is 0. The predicted octanol–water partition coefficient (Wildman–Crippen LogP) is 3.55. The first-order chi connectivity index (χ1) is 10.2. The summed E-state index contributed by atoms with van der Waals surface area (Å²) >= 11 is 7.56. The van der Waals surface area contributed by atoms with Crippen LogP contribution in [0, 0.1) is 0 Å². The van der Waals surface area contributed by atoms with Gasteiger partial charge in [0.05, 0.1) is 5.75 Å². The van der Waals surface area contributed by atoms with Crippen molar-refractivity contribution in [3.63, 3.8) is 0 Å². The summed E-state index contributed by atoms with van der Waals surface area (Å²) in [5, 5.41) is 0.818. The Hall–Kier alpha value is -1.52. The molecule has 1 aliphatic heterocycles. The second-order valence-corrected chi connectivity index (χ2v) is 6.42. The first-order valence-corrected chi connectivity index (χ1v) is 8.22. The molecule has 3 rings (SSSR count). The molecule has 0 bridgehead atoms. The summed E-state index contributed by atoms with van der Waals surface area (Å²) in [7, 11) is 0. The number of rotatable bonds is 4. The Morgan fingerprint density at radius 1 is 1.29 bits per heavy atom. The Bertz CT molecular complexity index is 618. The lowest BCUT2D eigenvalue weighted by atomic mass is 10.1. The molecule has 1 fully saturated rings. The van der Waals surface area contributed by atoms with Gasteiger partial charge in [0.25, 0.3) is 0 Å². The molecule has 1 atom stereocenters. The number of halogens is 1. The number of hydrogen-bond acceptors (Lipinski definition) is 3. The quantitative estimate of drug-likeness (QED) is 0.864. The Morgan fingerprint density at radius 2 is 2.10 bits per heavy atom. The number of carbonyl (C=O) groups excluding carboxylic acids is 1. The zero-order valence-electron chi connectivity index (χ0n) is 11.4. The Labute approximate surface area is 133 Å². The molecule has 108 valence electrons. The minimum Gasteiger partial charge on any atom is -0.325 e. The van der Waals surface area contributed by atoms with Gasteiger partial charge in [0.15, 0.2) is 0 Å². The predicted molar refractivity (Wildman–Crippen MR) is 86.3 cm³/mol. The fourth-order valence-electron chi connectivity index (χ4n) is 2.39. The Balaban J connectivity index is 1.70. The van der Waals surface area contributed by atoms with Crippen molar-refractivity contribution < 1.29 is 4.79 Å². The van der Waals surface area contributed by atoms with Crippen LogP contribution in [0.4, 0.5) is 0 Å². The molecule has 2 aromatic rings. The maximum atomic E-state index is 12.1. The van der Waals surface area contributed by atoms with Crippen LogP contribution >= 0.6 is 23.4 Å². The van der Waals surface area contributed by atoms with Crippen molar-refractivity contribution in [2.24, 2.45) is 0 Å². The van der Waals surface area contributed by atoms with E-state index in [2.05, 4.69) is 4.98 Å². The minimum absolute atomic E-state index is 0.0819. The van der Waals surface area contributed by atoms with Gasteiger partial charge in [-0.05, 0) is 30.2 Å². The van der Waals surface area contributed by atoms with E-state index in [1.807, 2.05) is 47.5 Å². The van der Waals surface area contributed by atoms with Crippen LogP contribution in [0.3, 0.4) is 0 Å². The van der Waals surface area contributed by atoms with Crippen LogP contribution in [0.15, 0.2) is 48.8 Å². The van der Waals surface area contributed by atoms with Gasteiger partial charge in [0.2, 0.25) is 5.91 Å². The van der Waals surface area contributed by atoms with Crippen molar-refractivity contribution >= 4 is 29.3 Å². The molecule has 0 radical (unpaired) electrons. The third-order valence-electron chi connectivity index (χ3n) is 3.49. The molecule has 0 N–H and O–H groups in total. The molecule has 0 saturated carbocycles. The van der Waals surface area contributed by atoms with Crippen molar-refractivity contribution in [3.8, 4) is 0 Å². The summed E-state index contributed by atoms with van der Waals surface area (Å²) in [6.45, 7) is 0.715. The van der Waals surface area contributed by atoms with Crippen LogP contribution in [0.25, 0.3) is 0 Å². The number of aromatic nitrogens is 1. The second-order valence-electron chi connectivity index (χ2n) is 4.91. The minimum atomic E-state index is 0.0819. The Morgan fingerprint density at radius 3 is 2.81 bits per heavy atom. The summed E-state index contributed by atoms with van der Waals surface area (Å²) < 4.78 is 0. The topological polar surface area (TPSA) is 33.2 Å². The first kappa shape index (κ1) is 14.4. The molecule has 1 aromatic heterocycles. The van der Waals surface area contributed by atoms with Crippen LogP contribution in [0.5, 0.6) is 0 Å². The number of nitrogens with zero attached hydrogens (tertiary/aromatic N) is 2. The lowest BCUT2D eigenvalue weighted by molar-refractivity contribution is -0.128. The van der Waals surface area contributed by atoms with Crippen LogP contribution in [0.1, 0.15) is 16.5 Å². The van der Waals surface area contributed by atoms with Crippen LogP contribution in [-0.2, 0) is 11.2 Å². The van der Waals surface area contributed by atoms with E-state index in [1.165, 1.54) is 5.56 Å². The maximum absolute atomic E-state index is 12.1. The SMILES string of the molecule is O=C1CS[C@H](c2cccnc2)N1CCc1ccc(Cl)cc1. The normalized spacial score (nSPS) is 18.2. The van der Waals surface area contributed by atoms with E-state index < -0.39 is 0 Å². The molecule has 1 amide bonds. The van der Waals surface area contributed by atoms with E-state index in [4.69, 9.17) is 11.6 Å². The molecule has 0 spiro atoms. The molecule has 2 heterocycles. The van der Waals surface area contributed by atoms with E-state index >= 15 is 0 Å². The molecule has 1 saturated heterocycles. The maximum Gasteiger partial charge on any atom is 0.233 e. The van der Waals surface area contributed by atoms with Crippen LogP contribution < -0.4 is 0 Å². The number of amides is 1. The molecule has 1 aliphatic rings. The van der Waals surface area contributed by atoms with Gasteiger partial charge >= 0.3 is 0 Å². The average Bonchev–Trinajstić information content (AvgIpc) is 2.89. The van der Waals surface area contributed by atoms with Crippen molar-refractivity contribution in [2.75, 3.05) is 12.3 Å². The number of pyridine rings is 1. The van der Waals surface area contributed by atoms with Gasteiger partial charge in [-0.15, -0.1) is 11.8 Å². The molecular formula is C16H15ClN2OS. The van der Waals surface area contributed by atoms with E-state index in [-0.39, 0.29) is 11.3 Å². The molecule has 5 heteroatoms. The monoisotopic (exact) mass is 318 g/mol.